The lowest BCUT2D eigenvalue weighted by atomic mass is 9.91. The van der Waals surface area contributed by atoms with Crippen molar-refractivity contribution in [1.82, 2.24) is 15.1 Å². The zero-order valence-corrected chi connectivity index (χ0v) is 16.8. The molecule has 27 heavy (non-hydrogen) atoms. The monoisotopic (exact) mass is 379 g/mol. The molecule has 1 N–H and O–H groups in total. The van der Waals surface area contributed by atoms with E-state index < -0.39 is 5.60 Å². The second-order valence-corrected chi connectivity index (χ2v) is 9.12. The van der Waals surface area contributed by atoms with Gasteiger partial charge in [-0.15, -0.1) is 0 Å². The molecule has 2 heterocycles. The van der Waals surface area contributed by atoms with Crippen LogP contribution in [0.5, 0.6) is 0 Å². The smallest absolute Gasteiger partial charge is 0.410 e. The van der Waals surface area contributed by atoms with E-state index in [0.717, 1.165) is 25.7 Å². The SMILES string of the molecule is CC(C)(C)OC(=O)N1CCC(C(=O)N2CCC(C(=O)NC3CC3)CC2)CC1. The Morgan fingerprint density at radius 2 is 1.33 bits per heavy atom. The normalized spacial score (nSPS) is 22.5. The van der Waals surface area contributed by atoms with Gasteiger partial charge in [-0.05, 0) is 59.3 Å². The number of carbonyl (C=O) groups is 3. The van der Waals surface area contributed by atoms with Gasteiger partial charge in [-0.1, -0.05) is 0 Å². The average molecular weight is 380 g/mol. The van der Waals surface area contributed by atoms with Crippen molar-refractivity contribution < 1.29 is 19.1 Å². The first-order chi connectivity index (χ1) is 12.7. The van der Waals surface area contributed by atoms with Gasteiger partial charge in [-0.2, -0.15) is 0 Å². The molecule has 3 rings (SSSR count). The van der Waals surface area contributed by atoms with Gasteiger partial charge in [-0.25, -0.2) is 4.79 Å². The molecule has 0 radical (unpaired) electrons. The van der Waals surface area contributed by atoms with Crippen LogP contribution < -0.4 is 5.32 Å². The molecule has 0 aromatic rings. The molecule has 1 aliphatic carbocycles. The zero-order chi connectivity index (χ0) is 19.6. The molecule has 2 aliphatic heterocycles. The number of likely N-dealkylation sites (tertiary alicyclic amines) is 2. The minimum Gasteiger partial charge on any atom is -0.444 e. The van der Waals surface area contributed by atoms with Crippen LogP contribution in [-0.2, 0) is 14.3 Å². The number of hydrogen-bond acceptors (Lipinski definition) is 4. The summed E-state index contributed by atoms with van der Waals surface area (Å²) in [5.74, 6) is 0.361. The highest BCUT2D eigenvalue weighted by molar-refractivity contribution is 5.81. The van der Waals surface area contributed by atoms with E-state index >= 15 is 0 Å². The second kappa shape index (κ2) is 8.07. The molecule has 0 unspecified atom stereocenters. The van der Waals surface area contributed by atoms with E-state index in [1.54, 1.807) is 4.90 Å². The quantitative estimate of drug-likeness (QED) is 0.815. The average Bonchev–Trinajstić information content (AvgIpc) is 3.44. The van der Waals surface area contributed by atoms with Crippen LogP contribution >= 0.6 is 0 Å². The fourth-order valence-electron chi connectivity index (χ4n) is 3.80. The van der Waals surface area contributed by atoms with E-state index in [0.29, 0.717) is 45.1 Å². The van der Waals surface area contributed by atoms with Crippen LogP contribution in [0.2, 0.25) is 0 Å². The standard InChI is InChI=1S/C20H33N3O4/c1-20(2,3)27-19(26)23-12-8-15(9-13-23)18(25)22-10-6-14(7-11-22)17(24)21-16-4-5-16/h14-16H,4-13H2,1-3H3,(H,21,24). The third-order valence-electron chi connectivity index (χ3n) is 5.60. The molecule has 0 spiro atoms. The minimum atomic E-state index is -0.500. The number of nitrogens with zero attached hydrogens (tertiary/aromatic N) is 2. The largest absolute Gasteiger partial charge is 0.444 e. The predicted octanol–water partition coefficient (Wildman–Crippen LogP) is 2.15. The highest BCUT2D eigenvalue weighted by Crippen LogP contribution is 2.26. The minimum absolute atomic E-state index is 0.0273. The maximum absolute atomic E-state index is 12.8. The maximum atomic E-state index is 12.8. The predicted molar refractivity (Wildman–Crippen MR) is 101 cm³/mol. The van der Waals surface area contributed by atoms with E-state index in [2.05, 4.69) is 5.32 Å². The molecule has 0 bridgehead atoms. The van der Waals surface area contributed by atoms with E-state index in [4.69, 9.17) is 4.74 Å². The third kappa shape index (κ3) is 5.59. The van der Waals surface area contributed by atoms with Crippen molar-refractivity contribution in [2.45, 2.75) is 70.9 Å². The van der Waals surface area contributed by atoms with Crippen molar-refractivity contribution in [3.8, 4) is 0 Å². The lowest BCUT2D eigenvalue weighted by Gasteiger charge is -2.37. The molecule has 7 heteroatoms. The number of piperidine rings is 2. The Kier molecular flexibility index (Phi) is 5.96. The number of amides is 3. The van der Waals surface area contributed by atoms with Crippen LogP contribution in [0.1, 0.15) is 59.3 Å². The lowest BCUT2D eigenvalue weighted by Crippen LogP contribution is -2.48. The number of hydrogen-bond donors (Lipinski definition) is 1. The van der Waals surface area contributed by atoms with E-state index in [-0.39, 0.29) is 29.7 Å². The van der Waals surface area contributed by atoms with Crippen LogP contribution in [0.4, 0.5) is 4.79 Å². The van der Waals surface area contributed by atoms with Gasteiger partial charge in [0.25, 0.3) is 0 Å². The van der Waals surface area contributed by atoms with Gasteiger partial charge in [-0.3, -0.25) is 9.59 Å². The summed E-state index contributed by atoms with van der Waals surface area (Å²) in [5.41, 5.74) is -0.500. The summed E-state index contributed by atoms with van der Waals surface area (Å²) in [4.78, 5) is 40.7. The van der Waals surface area contributed by atoms with Crippen molar-refractivity contribution in [3.05, 3.63) is 0 Å². The summed E-state index contributed by atoms with van der Waals surface area (Å²) >= 11 is 0. The van der Waals surface area contributed by atoms with E-state index in [1.165, 1.54) is 0 Å². The van der Waals surface area contributed by atoms with Gasteiger partial charge >= 0.3 is 6.09 Å². The molecule has 0 atom stereocenters. The zero-order valence-electron chi connectivity index (χ0n) is 16.8. The lowest BCUT2D eigenvalue weighted by molar-refractivity contribution is -0.140. The summed E-state index contributed by atoms with van der Waals surface area (Å²) in [6.45, 7) is 8.01. The van der Waals surface area contributed by atoms with Crippen molar-refractivity contribution >= 4 is 17.9 Å². The summed E-state index contributed by atoms with van der Waals surface area (Å²) in [7, 11) is 0. The van der Waals surface area contributed by atoms with Crippen molar-refractivity contribution in [3.63, 3.8) is 0 Å². The third-order valence-corrected chi connectivity index (χ3v) is 5.60. The molecule has 3 aliphatic rings. The van der Waals surface area contributed by atoms with E-state index in [1.807, 2.05) is 25.7 Å². The van der Waals surface area contributed by atoms with Gasteiger partial charge in [0, 0.05) is 44.1 Å². The summed E-state index contributed by atoms with van der Waals surface area (Å²) < 4.78 is 5.41. The van der Waals surface area contributed by atoms with Crippen molar-refractivity contribution in [2.24, 2.45) is 11.8 Å². The Bertz CT molecular complexity index is 566. The van der Waals surface area contributed by atoms with Crippen LogP contribution in [0.3, 0.4) is 0 Å². The molecular weight excluding hydrogens is 346 g/mol. The molecule has 7 nitrogen and oxygen atoms in total. The fraction of sp³-hybridized carbons (Fsp3) is 0.850. The Morgan fingerprint density at radius 3 is 1.85 bits per heavy atom. The molecule has 0 aromatic carbocycles. The first-order valence-corrected chi connectivity index (χ1v) is 10.3. The summed E-state index contributed by atoms with van der Waals surface area (Å²) in [6, 6.07) is 0.396. The molecule has 152 valence electrons. The molecule has 2 saturated heterocycles. The second-order valence-electron chi connectivity index (χ2n) is 9.12. The summed E-state index contributed by atoms with van der Waals surface area (Å²) in [5, 5.41) is 3.07. The van der Waals surface area contributed by atoms with Gasteiger partial charge in [0.2, 0.25) is 11.8 Å². The molecule has 1 saturated carbocycles. The first-order valence-electron chi connectivity index (χ1n) is 10.3. The van der Waals surface area contributed by atoms with Gasteiger partial charge in [0.15, 0.2) is 0 Å². The Labute approximate surface area is 161 Å². The topological polar surface area (TPSA) is 79.0 Å². The molecule has 0 aromatic heterocycles. The molecular formula is C20H33N3O4. The Balaban J connectivity index is 1.40. The van der Waals surface area contributed by atoms with Crippen LogP contribution in [0.25, 0.3) is 0 Å². The number of nitrogens with one attached hydrogen (secondary N) is 1. The van der Waals surface area contributed by atoms with Crippen molar-refractivity contribution in [2.75, 3.05) is 26.2 Å². The number of carbonyl (C=O) groups excluding carboxylic acids is 3. The van der Waals surface area contributed by atoms with Gasteiger partial charge in [0.1, 0.15) is 5.60 Å². The van der Waals surface area contributed by atoms with Crippen LogP contribution in [0, 0.1) is 11.8 Å². The Morgan fingerprint density at radius 1 is 0.815 bits per heavy atom. The first kappa shape index (κ1) is 20.0. The van der Waals surface area contributed by atoms with E-state index in [9.17, 15) is 14.4 Å². The fourth-order valence-corrected chi connectivity index (χ4v) is 3.80. The van der Waals surface area contributed by atoms with Gasteiger partial charge < -0.3 is 19.9 Å². The maximum Gasteiger partial charge on any atom is 0.410 e. The molecule has 3 amide bonds. The highest BCUT2D eigenvalue weighted by atomic mass is 16.6. The van der Waals surface area contributed by atoms with Gasteiger partial charge in [0.05, 0.1) is 0 Å². The van der Waals surface area contributed by atoms with Crippen molar-refractivity contribution in [1.29, 1.82) is 0 Å². The van der Waals surface area contributed by atoms with Crippen LogP contribution in [-0.4, -0.2) is 65.5 Å². The number of rotatable bonds is 3. The molecule has 3 fully saturated rings. The Hall–Kier alpha value is -1.79. The van der Waals surface area contributed by atoms with Crippen LogP contribution in [0.15, 0.2) is 0 Å². The number of ether oxygens (including phenoxy) is 1. The highest BCUT2D eigenvalue weighted by Gasteiger charge is 2.35. The summed E-state index contributed by atoms with van der Waals surface area (Å²) in [6.07, 6.45) is 4.77.